The number of carbonyl (C=O) groups is 2. The molecule has 134 valence electrons. The molecule has 2 amide bonds. The van der Waals surface area contributed by atoms with Crippen molar-refractivity contribution >= 4 is 23.2 Å². The molecule has 0 saturated carbocycles. The highest BCUT2D eigenvalue weighted by molar-refractivity contribution is 6.03. The summed E-state index contributed by atoms with van der Waals surface area (Å²) < 4.78 is 13.3. The Bertz CT molecular complexity index is 869. The number of amides is 2. The zero-order valence-electron chi connectivity index (χ0n) is 14.0. The van der Waals surface area contributed by atoms with E-state index in [-0.39, 0.29) is 30.2 Å². The number of nitro benzene ring substituents is 1. The van der Waals surface area contributed by atoms with E-state index >= 15 is 0 Å². The first-order valence-electron chi connectivity index (χ1n) is 8.01. The van der Waals surface area contributed by atoms with Crippen LogP contribution in [0, 0.1) is 15.9 Å². The Kier molecular flexibility index (Phi) is 4.66. The Hall–Kier alpha value is -3.29. The molecule has 0 radical (unpaired) electrons. The van der Waals surface area contributed by atoms with Crippen molar-refractivity contribution in [2.45, 2.75) is 13.0 Å². The van der Waals surface area contributed by atoms with Gasteiger partial charge in [0, 0.05) is 36.5 Å². The summed E-state index contributed by atoms with van der Waals surface area (Å²) in [6.45, 7) is 2.14. The molecule has 7 nitrogen and oxygen atoms in total. The van der Waals surface area contributed by atoms with Crippen LogP contribution in [0.25, 0.3) is 0 Å². The van der Waals surface area contributed by atoms with Gasteiger partial charge in [-0.3, -0.25) is 19.7 Å². The number of halogens is 1. The van der Waals surface area contributed by atoms with Crippen LogP contribution in [0.4, 0.5) is 15.8 Å². The van der Waals surface area contributed by atoms with Gasteiger partial charge in [-0.05, 0) is 37.3 Å². The molecule has 8 heteroatoms. The Morgan fingerprint density at radius 2 is 1.88 bits per heavy atom. The molecule has 2 aromatic rings. The third-order valence-corrected chi connectivity index (χ3v) is 4.36. The number of non-ortho nitro benzene ring substituents is 1. The summed E-state index contributed by atoms with van der Waals surface area (Å²) in [5, 5.41) is 10.7. The summed E-state index contributed by atoms with van der Waals surface area (Å²) in [5.41, 5.74) is 0.660. The van der Waals surface area contributed by atoms with Crippen LogP contribution in [0.2, 0.25) is 0 Å². The number of benzene rings is 2. The average molecular weight is 357 g/mol. The summed E-state index contributed by atoms with van der Waals surface area (Å²) >= 11 is 0. The van der Waals surface area contributed by atoms with E-state index < -0.39 is 22.7 Å². The van der Waals surface area contributed by atoms with Crippen LogP contribution in [0.15, 0.2) is 48.5 Å². The molecule has 1 heterocycles. The van der Waals surface area contributed by atoms with Gasteiger partial charge in [-0.15, -0.1) is 0 Å². The molecule has 1 aliphatic heterocycles. The van der Waals surface area contributed by atoms with Gasteiger partial charge in [-0.2, -0.15) is 0 Å². The molecule has 0 unspecified atom stereocenters. The highest BCUT2D eigenvalue weighted by atomic mass is 19.1. The molecule has 0 bridgehead atoms. The van der Waals surface area contributed by atoms with E-state index in [1.54, 1.807) is 6.92 Å². The third kappa shape index (κ3) is 3.26. The largest absolute Gasteiger partial charge is 0.325 e. The van der Waals surface area contributed by atoms with E-state index in [9.17, 15) is 24.1 Å². The van der Waals surface area contributed by atoms with Crippen LogP contribution in [0.1, 0.15) is 17.3 Å². The number of rotatable bonds is 3. The van der Waals surface area contributed by atoms with Crippen LogP contribution in [-0.2, 0) is 4.79 Å². The first kappa shape index (κ1) is 17.5. The van der Waals surface area contributed by atoms with Gasteiger partial charge in [0.25, 0.3) is 11.6 Å². The van der Waals surface area contributed by atoms with Crippen molar-refractivity contribution in [2.24, 2.45) is 0 Å². The van der Waals surface area contributed by atoms with Crippen molar-refractivity contribution < 1.29 is 18.9 Å². The first-order valence-corrected chi connectivity index (χ1v) is 8.01. The summed E-state index contributed by atoms with van der Waals surface area (Å²) in [5.74, 6) is -1.22. The lowest BCUT2D eigenvalue weighted by atomic mass is 10.1. The summed E-state index contributed by atoms with van der Waals surface area (Å²) in [7, 11) is 0. The SMILES string of the molecule is C[C@@H]1C(=O)N(c2ccc([N+](=O)[O-])cc2)CCN1C(=O)c1cccc(F)c1. The molecule has 0 spiro atoms. The molecule has 0 N–H and O–H groups in total. The lowest BCUT2D eigenvalue weighted by Crippen LogP contribution is -2.57. The maximum atomic E-state index is 13.3. The van der Waals surface area contributed by atoms with Crippen molar-refractivity contribution in [3.63, 3.8) is 0 Å². The Labute approximate surface area is 148 Å². The molecule has 1 atom stereocenters. The minimum atomic E-state index is -0.727. The highest BCUT2D eigenvalue weighted by Gasteiger charge is 2.35. The van der Waals surface area contributed by atoms with Gasteiger partial charge in [0.1, 0.15) is 11.9 Å². The second-order valence-corrected chi connectivity index (χ2v) is 5.95. The van der Waals surface area contributed by atoms with E-state index in [2.05, 4.69) is 0 Å². The van der Waals surface area contributed by atoms with Gasteiger partial charge < -0.3 is 9.80 Å². The summed E-state index contributed by atoms with van der Waals surface area (Å²) in [6, 6.07) is 10.3. The zero-order valence-corrected chi connectivity index (χ0v) is 14.0. The zero-order chi connectivity index (χ0) is 18.8. The fraction of sp³-hybridized carbons (Fsp3) is 0.222. The molecular weight excluding hydrogens is 341 g/mol. The Balaban J connectivity index is 1.78. The predicted molar refractivity (Wildman–Crippen MR) is 92.3 cm³/mol. The van der Waals surface area contributed by atoms with E-state index in [0.717, 1.165) is 6.07 Å². The standard InChI is InChI=1S/C18H16FN3O4/c1-12-17(23)21(15-5-7-16(8-6-15)22(25)26)10-9-20(12)18(24)13-3-2-4-14(19)11-13/h2-8,11-12H,9-10H2,1H3/t12-/m1/s1. The molecular formula is C18H16FN3O4. The summed E-state index contributed by atoms with van der Waals surface area (Å²) in [4.78, 5) is 38.4. The van der Waals surface area contributed by atoms with Crippen LogP contribution >= 0.6 is 0 Å². The van der Waals surface area contributed by atoms with Crippen molar-refractivity contribution in [1.82, 2.24) is 4.90 Å². The van der Waals surface area contributed by atoms with E-state index in [1.165, 1.54) is 52.3 Å². The van der Waals surface area contributed by atoms with E-state index in [4.69, 9.17) is 0 Å². The molecule has 1 fully saturated rings. The quantitative estimate of drug-likeness (QED) is 0.624. The van der Waals surface area contributed by atoms with Crippen LogP contribution in [-0.4, -0.2) is 40.8 Å². The normalized spacial score (nSPS) is 17.3. The molecule has 1 aliphatic rings. The molecule has 0 aromatic heterocycles. The van der Waals surface area contributed by atoms with Gasteiger partial charge in [0.05, 0.1) is 4.92 Å². The van der Waals surface area contributed by atoms with Crippen molar-refractivity contribution in [3.05, 3.63) is 70.0 Å². The second-order valence-electron chi connectivity index (χ2n) is 5.95. The highest BCUT2D eigenvalue weighted by Crippen LogP contribution is 2.24. The molecule has 26 heavy (non-hydrogen) atoms. The lowest BCUT2D eigenvalue weighted by Gasteiger charge is -2.39. The van der Waals surface area contributed by atoms with Crippen molar-refractivity contribution in [1.29, 1.82) is 0 Å². The maximum absolute atomic E-state index is 13.3. The third-order valence-electron chi connectivity index (χ3n) is 4.36. The van der Waals surface area contributed by atoms with Gasteiger partial charge in [-0.1, -0.05) is 6.07 Å². The predicted octanol–water partition coefficient (Wildman–Crippen LogP) is 2.61. The fourth-order valence-electron chi connectivity index (χ4n) is 2.95. The minimum Gasteiger partial charge on any atom is -0.325 e. The van der Waals surface area contributed by atoms with E-state index in [1.807, 2.05) is 0 Å². The van der Waals surface area contributed by atoms with Crippen LogP contribution in [0.3, 0.4) is 0 Å². The lowest BCUT2D eigenvalue weighted by molar-refractivity contribution is -0.384. The number of nitro groups is 1. The van der Waals surface area contributed by atoms with Gasteiger partial charge >= 0.3 is 0 Å². The number of piperazine rings is 1. The number of anilines is 1. The topological polar surface area (TPSA) is 83.8 Å². The number of nitrogens with zero attached hydrogens (tertiary/aromatic N) is 3. The maximum Gasteiger partial charge on any atom is 0.269 e. The van der Waals surface area contributed by atoms with Crippen molar-refractivity contribution in [2.75, 3.05) is 18.0 Å². The van der Waals surface area contributed by atoms with Crippen molar-refractivity contribution in [3.8, 4) is 0 Å². The van der Waals surface area contributed by atoms with Crippen LogP contribution in [0.5, 0.6) is 0 Å². The van der Waals surface area contributed by atoms with E-state index in [0.29, 0.717) is 5.69 Å². The monoisotopic (exact) mass is 357 g/mol. The first-order chi connectivity index (χ1) is 12.4. The smallest absolute Gasteiger partial charge is 0.269 e. The van der Waals surface area contributed by atoms with Gasteiger partial charge in [-0.25, -0.2) is 4.39 Å². The Morgan fingerprint density at radius 3 is 2.50 bits per heavy atom. The van der Waals surface area contributed by atoms with Gasteiger partial charge in [0.15, 0.2) is 0 Å². The number of carbonyl (C=O) groups excluding carboxylic acids is 2. The van der Waals surface area contributed by atoms with Crippen LogP contribution < -0.4 is 4.90 Å². The molecule has 1 saturated heterocycles. The summed E-state index contributed by atoms with van der Waals surface area (Å²) in [6.07, 6.45) is 0. The fourth-order valence-corrected chi connectivity index (χ4v) is 2.95. The average Bonchev–Trinajstić information content (AvgIpc) is 2.63. The molecule has 3 rings (SSSR count). The second kappa shape index (κ2) is 6.91. The Morgan fingerprint density at radius 1 is 1.19 bits per heavy atom. The molecule has 0 aliphatic carbocycles. The minimum absolute atomic E-state index is 0.0610. The number of hydrogen-bond acceptors (Lipinski definition) is 4. The number of hydrogen-bond donors (Lipinski definition) is 0. The van der Waals surface area contributed by atoms with Gasteiger partial charge in [0.2, 0.25) is 5.91 Å². The molecule has 2 aromatic carbocycles.